The van der Waals surface area contributed by atoms with Crippen molar-refractivity contribution in [2.45, 2.75) is 27.3 Å². The predicted molar refractivity (Wildman–Crippen MR) is 64.5 cm³/mol. The zero-order valence-electron chi connectivity index (χ0n) is 10.6. The molecule has 4 nitrogen and oxygen atoms in total. The van der Waals surface area contributed by atoms with E-state index in [1.165, 1.54) is 0 Å². The summed E-state index contributed by atoms with van der Waals surface area (Å²) in [5.41, 5.74) is 1.49. The van der Waals surface area contributed by atoms with Crippen LogP contribution < -0.4 is 0 Å². The molecule has 1 rings (SSSR count). The zero-order valence-corrected chi connectivity index (χ0v) is 10.6. The third kappa shape index (κ3) is 2.51. The van der Waals surface area contributed by atoms with E-state index in [4.69, 9.17) is 0 Å². The summed E-state index contributed by atoms with van der Waals surface area (Å²) in [6.07, 6.45) is 3.33. The van der Waals surface area contributed by atoms with E-state index in [1.54, 1.807) is 12.3 Å². The molecule has 88 valence electrons. The van der Waals surface area contributed by atoms with Crippen molar-refractivity contribution in [2.24, 2.45) is 0 Å². The van der Waals surface area contributed by atoms with Crippen molar-refractivity contribution in [3.05, 3.63) is 29.5 Å². The lowest BCUT2D eigenvalue weighted by molar-refractivity contribution is 0.103. The summed E-state index contributed by atoms with van der Waals surface area (Å²) in [5.74, 6) is 0.898. The summed E-state index contributed by atoms with van der Waals surface area (Å²) in [6, 6.07) is 0. The maximum atomic E-state index is 12.0. The number of imidazole rings is 1. The summed E-state index contributed by atoms with van der Waals surface area (Å²) in [5, 5.41) is 0. The molecule has 0 saturated carbocycles. The SMILES string of the molecule is CCn1c(C)nc(C)c1C(=O)C=CN(C)C. The van der Waals surface area contributed by atoms with Gasteiger partial charge in [-0.3, -0.25) is 4.79 Å². The third-order valence-electron chi connectivity index (χ3n) is 2.41. The number of nitrogens with zero attached hydrogens (tertiary/aromatic N) is 3. The smallest absolute Gasteiger partial charge is 0.205 e. The Kier molecular flexibility index (Phi) is 3.88. The van der Waals surface area contributed by atoms with Crippen LogP contribution in [-0.2, 0) is 6.54 Å². The number of carbonyl (C=O) groups excluding carboxylic acids is 1. The van der Waals surface area contributed by atoms with Crippen LogP contribution in [0.1, 0.15) is 28.9 Å². The number of aromatic nitrogens is 2. The zero-order chi connectivity index (χ0) is 12.3. The minimum atomic E-state index is 0.00801. The van der Waals surface area contributed by atoms with Crippen LogP contribution in [0.3, 0.4) is 0 Å². The molecule has 0 bridgehead atoms. The van der Waals surface area contributed by atoms with Gasteiger partial charge in [-0.1, -0.05) is 0 Å². The Morgan fingerprint density at radius 1 is 1.44 bits per heavy atom. The second-order valence-corrected chi connectivity index (χ2v) is 3.98. The van der Waals surface area contributed by atoms with E-state index < -0.39 is 0 Å². The van der Waals surface area contributed by atoms with Crippen LogP contribution in [0.25, 0.3) is 0 Å². The highest BCUT2D eigenvalue weighted by Gasteiger charge is 2.15. The molecule has 0 saturated heterocycles. The first-order valence-electron chi connectivity index (χ1n) is 5.40. The average molecular weight is 221 g/mol. The van der Waals surface area contributed by atoms with Gasteiger partial charge in [0.25, 0.3) is 0 Å². The van der Waals surface area contributed by atoms with Crippen molar-refractivity contribution in [2.75, 3.05) is 14.1 Å². The molecule has 16 heavy (non-hydrogen) atoms. The van der Waals surface area contributed by atoms with Crippen molar-refractivity contribution in [3.8, 4) is 0 Å². The number of ketones is 1. The van der Waals surface area contributed by atoms with E-state index >= 15 is 0 Å². The fraction of sp³-hybridized carbons (Fsp3) is 0.500. The molecule has 0 aliphatic rings. The van der Waals surface area contributed by atoms with E-state index in [2.05, 4.69) is 4.98 Å². The van der Waals surface area contributed by atoms with Crippen LogP contribution in [0.5, 0.6) is 0 Å². The van der Waals surface area contributed by atoms with Crippen LogP contribution in [-0.4, -0.2) is 34.3 Å². The maximum Gasteiger partial charge on any atom is 0.205 e. The summed E-state index contributed by atoms with van der Waals surface area (Å²) in [4.78, 5) is 18.2. The lowest BCUT2D eigenvalue weighted by atomic mass is 10.2. The van der Waals surface area contributed by atoms with Crippen molar-refractivity contribution >= 4 is 5.78 Å². The number of allylic oxidation sites excluding steroid dienone is 1. The Bertz CT molecular complexity index is 416. The topological polar surface area (TPSA) is 38.1 Å². The van der Waals surface area contributed by atoms with Gasteiger partial charge in [0.2, 0.25) is 5.78 Å². The molecule has 0 fully saturated rings. The van der Waals surface area contributed by atoms with Gasteiger partial charge in [-0.15, -0.1) is 0 Å². The van der Waals surface area contributed by atoms with Gasteiger partial charge < -0.3 is 9.47 Å². The van der Waals surface area contributed by atoms with Gasteiger partial charge in [-0.25, -0.2) is 4.98 Å². The molecule has 0 aliphatic carbocycles. The minimum Gasteiger partial charge on any atom is -0.383 e. The van der Waals surface area contributed by atoms with Crippen LogP contribution in [0, 0.1) is 13.8 Å². The number of hydrogen-bond donors (Lipinski definition) is 0. The predicted octanol–water partition coefficient (Wildman–Crippen LogP) is 1.78. The molecule has 1 aromatic heterocycles. The molecule has 0 N–H and O–H groups in total. The van der Waals surface area contributed by atoms with Crippen molar-refractivity contribution in [3.63, 3.8) is 0 Å². The second kappa shape index (κ2) is 4.96. The Balaban J connectivity index is 3.08. The first-order chi connectivity index (χ1) is 7.47. The molecule has 1 aromatic rings. The second-order valence-electron chi connectivity index (χ2n) is 3.98. The van der Waals surface area contributed by atoms with Crippen molar-refractivity contribution < 1.29 is 4.79 Å². The van der Waals surface area contributed by atoms with Crippen LogP contribution >= 0.6 is 0 Å². The molecule has 1 heterocycles. The molecule has 0 aromatic carbocycles. The summed E-state index contributed by atoms with van der Waals surface area (Å²) < 4.78 is 1.94. The maximum absolute atomic E-state index is 12.0. The highest BCUT2D eigenvalue weighted by Crippen LogP contribution is 2.12. The lowest BCUT2D eigenvalue weighted by Gasteiger charge is -2.06. The number of rotatable bonds is 4. The van der Waals surface area contributed by atoms with E-state index in [0.29, 0.717) is 5.69 Å². The van der Waals surface area contributed by atoms with E-state index in [1.807, 2.05) is 44.3 Å². The number of aryl methyl sites for hydroxylation is 2. The molecule has 0 atom stereocenters. The Labute approximate surface area is 96.6 Å². The monoisotopic (exact) mass is 221 g/mol. The van der Waals surface area contributed by atoms with Crippen LogP contribution in [0.4, 0.5) is 0 Å². The Morgan fingerprint density at radius 2 is 2.06 bits per heavy atom. The molecule has 0 spiro atoms. The average Bonchev–Trinajstić information content (AvgIpc) is 2.49. The van der Waals surface area contributed by atoms with Crippen LogP contribution in [0.2, 0.25) is 0 Å². The van der Waals surface area contributed by atoms with Gasteiger partial charge in [0.15, 0.2) is 0 Å². The van der Waals surface area contributed by atoms with Gasteiger partial charge in [0, 0.05) is 32.9 Å². The van der Waals surface area contributed by atoms with Crippen molar-refractivity contribution in [1.82, 2.24) is 14.5 Å². The first-order valence-corrected chi connectivity index (χ1v) is 5.40. The van der Waals surface area contributed by atoms with Gasteiger partial charge in [-0.2, -0.15) is 0 Å². The van der Waals surface area contributed by atoms with E-state index in [-0.39, 0.29) is 5.78 Å². The molecule has 0 radical (unpaired) electrons. The van der Waals surface area contributed by atoms with Gasteiger partial charge >= 0.3 is 0 Å². The molecule has 0 amide bonds. The largest absolute Gasteiger partial charge is 0.383 e. The summed E-state index contributed by atoms with van der Waals surface area (Å²) >= 11 is 0. The normalized spacial score (nSPS) is 11.1. The summed E-state index contributed by atoms with van der Waals surface area (Å²) in [6.45, 7) is 6.57. The fourth-order valence-electron chi connectivity index (χ4n) is 1.71. The highest BCUT2D eigenvalue weighted by molar-refractivity contribution is 6.04. The molecule has 4 heteroatoms. The van der Waals surface area contributed by atoms with Gasteiger partial charge in [-0.05, 0) is 20.8 Å². The van der Waals surface area contributed by atoms with E-state index in [9.17, 15) is 4.79 Å². The molecular formula is C12H19N3O. The highest BCUT2D eigenvalue weighted by atomic mass is 16.1. The van der Waals surface area contributed by atoms with Crippen LogP contribution in [0.15, 0.2) is 12.3 Å². The van der Waals surface area contributed by atoms with Gasteiger partial charge in [0.05, 0.1) is 5.69 Å². The number of carbonyl (C=O) groups is 1. The quantitative estimate of drug-likeness (QED) is 0.574. The minimum absolute atomic E-state index is 0.00801. The molecule has 0 aliphatic heterocycles. The standard InChI is InChI=1S/C12H19N3O/c1-6-15-10(3)13-9(2)12(15)11(16)7-8-14(4)5/h7-8H,6H2,1-5H3. The molecular weight excluding hydrogens is 202 g/mol. The fourth-order valence-corrected chi connectivity index (χ4v) is 1.71. The van der Waals surface area contributed by atoms with Crippen molar-refractivity contribution in [1.29, 1.82) is 0 Å². The van der Waals surface area contributed by atoms with E-state index in [0.717, 1.165) is 18.1 Å². The Morgan fingerprint density at radius 3 is 2.56 bits per heavy atom. The number of hydrogen-bond acceptors (Lipinski definition) is 3. The third-order valence-corrected chi connectivity index (χ3v) is 2.41. The van der Waals surface area contributed by atoms with Gasteiger partial charge in [0.1, 0.15) is 11.5 Å². The first kappa shape index (κ1) is 12.5. The molecule has 0 unspecified atom stereocenters. The lowest BCUT2D eigenvalue weighted by Crippen LogP contribution is -2.10. The Hall–Kier alpha value is -1.58. The summed E-state index contributed by atoms with van der Waals surface area (Å²) in [7, 11) is 3.78.